The van der Waals surface area contributed by atoms with Crippen LogP contribution in [0.15, 0.2) is 46.9 Å². The van der Waals surface area contributed by atoms with Crippen molar-refractivity contribution in [2.24, 2.45) is 7.05 Å². The first-order valence-electron chi connectivity index (χ1n) is 7.12. The van der Waals surface area contributed by atoms with E-state index in [2.05, 4.69) is 26.2 Å². The molecule has 0 aliphatic heterocycles. The molecule has 23 heavy (non-hydrogen) atoms. The summed E-state index contributed by atoms with van der Waals surface area (Å²) in [5, 5.41) is 2.90. The van der Waals surface area contributed by atoms with Crippen LogP contribution in [-0.2, 0) is 13.6 Å². The zero-order valence-corrected chi connectivity index (χ0v) is 14.4. The molecule has 3 aromatic rings. The van der Waals surface area contributed by atoms with Gasteiger partial charge in [0.15, 0.2) is 0 Å². The number of methoxy groups -OCH3 is 1. The fourth-order valence-corrected chi connectivity index (χ4v) is 2.84. The van der Waals surface area contributed by atoms with Crippen molar-refractivity contribution in [3.8, 4) is 5.75 Å². The Labute approximate surface area is 142 Å². The highest BCUT2D eigenvalue weighted by molar-refractivity contribution is 9.10. The van der Waals surface area contributed by atoms with Gasteiger partial charge >= 0.3 is 0 Å². The summed E-state index contributed by atoms with van der Waals surface area (Å²) in [5.41, 5.74) is 2.49. The van der Waals surface area contributed by atoms with E-state index in [1.807, 2.05) is 35.9 Å². The van der Waals surface area contributed by atoms with Crippen molar-refractivity contribution in [1.82, 2.24) is 14.9 Å². The van der Waals surface area contributed by atoms with Gasteiger partial charge in [-0.1, -0.05) is 12.1 Å². The van der Waals surface area contributed by atoms with Gasteiger partial charge in [0.25, 0.3) is 5.91 Å². The molecule has 0 atom stereocenters. The number of nitrogens with one attached hydrogen (secondary N) is 1. The van der Waals surface area contributed by atoms with Crippen molar-refractivity contribution in [3.05, 3.63) is 58.3 Å². The number of ether oxygens (including phenoxy) is 1. The number of hydrogen-bond donors (Lipinski definition) is 1. The number of rotatable bonds is 4. The lowest BCUT2D eigenvalue weighted by Gasteiger charge is -2.09. The van der Waals surface area contributed by atoms with Gasteiger partial charge in [-0.25, -0.2) is 4.98 Å². The van der Waals surface area contributed by atoms with E-state index < -0.39 is 0 Å². The molecule has 0 saturated heterocycles. The van der Waals surface area contributed by atoms with Crippen LogP contribution < -0.4 is 10.1 Å². The van der Waals surface area contributed by atoms with E-state index in [1.165, 1.54) is 0 Å². The summed E-state index contributed by atoms with van der Waals surface area (Å²) in [6, 6.07) is 13.2. The van der Waals surface area contributed by atoms with Gasteiger partial charge < -0.3 is 14.6 Å². The molecule has 1 aromatic heterocycles. The number of hydrogen-bond acceptors (Lipinski definition) is 3. The molecule has 3 rings (SSSR count). The SMILES string of the molecule is COc1ccc(Br)c(C(=O)NCc2nc3ccccc3n2C)c1. The number of aromatic nitrogens is 2. The van der Waals surface area contributed by atoms with Gasteiger partial charge in [0.2, 0.25) is 0 Å². The number of carbonyl (C=O) groups is 1. The fraction of sp³-hybridized carbons (Fsp3) is 0.176. The zero-order chi connectivity index (χ0) is 16.4. The van der Waals surface area contributed by atoms with Crippen LogP contribution in [0.5, 0.6) is 5.75 Å². The highest BCUT2D eigenvalue weighted by Crippen LogP contribution is 2.22. The first kappa shape index (κ1) is 15.6. The Kier molecular flexibility index (Phi) is 4.34. The second kappa shape index (κ2) is 6.42. The molecule has 0 aliphatic rings. The topological polar surface area (TPSA) is 56.1 Å². The first-order valence-corrected chi connectivity index (χ1v) is 7.91. The first-order chi connectivity index (χ1) is 11.1. The third kappa shape index (κ3) is 3.07. The van der Waals surface area contributed by atoms with Crippen molar-refractivity contribution in [2.45, 2.75) is 6.54 Å². The molecular formula is C17H16BrN3O2. The fourth-order valence-electron chi connectivity index (χ4n) is 2.41. The summed E-state index contributed by atoms with van der Waals surface area (Å²) in [6.07, 6.45) is 0. The lowest BCUT2D eigenvalue weighted by Crippen LogP contribution is -2.24. The van der Waals surface area contributed by atoms with Crippen molar-refractivity contribution in [3.63, 3.8) is 0 Å². The van der Waals surface area contributed by atoms with Crippen LogP contribution in [0.2, 0.25) is 0 Å². The van der Waals surface area contributed by atoms with Gasteiger partial charge in [0.05, 0.1) is 30.3 Å². The minimum absolute atomic E-state index is 0.178. The Morgan fingerprint density at radius 3 is 2.83 bits per heavy atom. The average Bonchev–Trinajstić information content (AvgIpc) is 2.89. The minimum Gasteiger partial charge on any atom is -0.497 e. The van der Waals surface area contributed by atoms with Crippen molar-refractivity contribution >= 4 is 32.9 Å². The summed E-state index contributed by atoms with van der Waals surface area (Å²) >= 11 is 3.39. The maximum Gasteiger partial charge on any atom is 0.252 e. The molecule has 2 aromatic carbocycles. The van der Waals surface area contributed by atoms with Crippen LogP contribution in [0, 0.1) is 0 Å². The quantitative estimate of drug-likeness (QED) is 0.763. The van der Waals surface area contributed by atoms with Crippen molar-refractivity contribution in [2.75, 3.05) is 7.11 Å². The van der Waals surface area contributed by atoms with E-state index in [9.17, 15) is 4.79 Å². The van der Waals surface area contributed by atoms with Crippen LogP contribution in [0.25, 0.3) is 11.0 Å². The molecule has 0 bridgehead atoms. The molecule has 0 saturated carbocycles. The summed E-state index contributed by atoms with van der Waals surface area (Å²) in [7, 11) is 3.52. The van der Waals surface area contributed by atoms with E-state index in [4.69, 9.17) is 4.74 Å². The van der Waals surface area contributed by atoms with Crippen LogP contribution in [0.4, 0.5) is 0 Å². The molecule has 118 valence electrons. The number of nitrogens with zero attached hydrogens (tertiary/aromatic N) is 2. The maximum absolute atomic E-state index is 12.4. The molecule has 1 heterocycles. The number of amides is 1. The maximum atomic E-state index is 12.4. The van der Waals surface area contributed by atoms with Gasteiger partial charge in [-0.05, 0) is 46.3 Å². The molecule has 1 N–H and O–H groups in total. The number of para-hydroxylation sites is 2. The second-order valence-electron chi connectivity index (χ2n) is 5.10. The van der Waals surface area contributed by atoms with Crippen LogP contribution >= 0.6 is 15.9 Å². The molecule has 0 unspecified atom stereocenters. The highest BCUT2D eigenvalue weighted by atomic mass is 79.9. The number of benzene rings is 2. The normalized spacial score (nSPS) is 10.7. The summed E-state index contributed by atoms with van der Waals surface area (Å²) in [6.45, 7) is 0.355. The molecular weight excluding hydrogens is 358 g/mol. The molecule has 6 heteroatoms. The number of fused-ring (bicyclic) bond motifs is 1. The second-order valence-corrected chi connectivity index (χ2v) is 5.96. The lowest BCUT2D eigenvalue weighted by molar-refractivity contribution is 0.0948. The van der Waals surface area contributed by atoms with E-state index in [0.29, 0.717) is 17.9 Å². The van der Waals surface area contributed by atoms with Crippen LogP contribution in [0.3, 0.4) is 0 Å². The molecule has 0 radical (unpaired) electrons. The molecule has 0 spiro atoms. The summed E-state index contributed by atoms with van der Waals surface area (Å²) in [5.74, 6) is 1.27. The minimum atomic E-state index is -0.178. The van der Waals surface area contributed by atoms with Gasteiger partial charge in [-0.15, -0.1) is 0 Å². The Bertz CT molecular complexity index is 873. The van der Waals surface area contributed by atoms with Gasteiger partial charge in [-0.3, -0.25) is 4.79 Å². The molecule has 1 amide bonds. The Morgan fingerprint density at radius 1 is 1.30 bits per heavy atom. The predicted molar refractivity (Wildman–Crippen MR) is 92.6 cm³/mol. The highest BCUT2D eigenvalue weighted by Gasteiger charge is 2.13. The lowest BCUT2D eigenvalue weighted by atomic mass is 10.2. The zero-order valence-electron chi connectivity index (χ0n) is 12.8. The summed E-state index contributed by atoms with van der Waals surface area (Å²) < 4.78 is 7.87. The number of halogens is 1. The molecule has 0 fully saturated rings. The third-order valence-corrected chi connectivity index (χ3v) is 4.40. The van der Waals surface area contributed by atoms with E-state index in [1.54, 1.807) is 25.3 Å². The van der Waals surface area contributed by atoms with E-state index >= 15 is 0 Å². The largest absolute Gasteiger partial charge is 0.497 e. The number of imidazole rings is 1. The molecule has 0 aliphatic carbocycles. The summed E-state index contributed by atoms with van der Waals surface area (Å²) in [4.78, 5) is 16.9. The van der Waals surface area contributed by atoms with Crippen LogP contribution in [-0.4, -0.2) is 22.6 Å². The monoisotopic (exact) mass is 373 g/mol. The average molecular weight is 374 g/mol. The predicted octanol–water partition coefficient (Wildman–Crippen LogP) is 3.27. The Balaban J connectivity index is 1.79. The Hall–Kier alpha value is -2.34. The van der Waals surface area contributed by atoms with Crippen LogP contribution in [0.1, 0.15) is 16.2 Å². The van der Waals surface area contributed by atoms with E-state index in [0.717, 1.165) is 21.3 Å². The van der Waals surface area contributed by atoms with Crippen molar-refractivity contribution in [1.29, 1.82) is 0 Å². The van der Waals surface area contributed by atoms with Gasteiger partial charge in [0, 0.05) is 11.5 Å². The van der Waals surface area contributed by atoms with Gasteiger partial charge in [0.1, 0.15) is 11.6 Å². The standard InChI is InChI=1S/C17H16BrN3O2/c1-21-15-6-4-3-5-14(15)20-16(21)10-19-17(22)12-9-11(23-2)7-8-13(12)18/h3-9H,10H2,1-2H3,(H,19,22). The number of carbonyl (C=O) groups excluding carboxylic acids is 1. The Morgan fingerprint density at radius 2 is 2.09 bits per heavy atom. The van der Waals surface area contributed by atoms with E-state index in [-0.39, 0.29) is 5.91 Å². The van der Waals surface area contributed by atoms with Crippen molar-refractivity contribution < 1.29 is 9.53 Å². The third-order valence-electron chi connectivity index (χ3n) is 3.70. The number of aryl methyl sites for hydroxylation is 1. The smallest absolute Gasteiger partial charge is 0.252 e. The molecule has 5 nitrogen and oxygen atoms in total. The van der Waals surface area contributed by atoms with Gasteiger partial charge in [-0.2, -0.15) is 0 Å².